The SMILES string of the molecule is COc1cc(Cn2ncnc2CO)cc([N+](=O)[O-])c1. The molecule has 0 spiro atoms. The van der Waals surface area contributed by atoms with Crippen molar-refractivity contribution < 1.29 is 14.8 Å². The second kappa shape index (κ2) is 5.44. The second-order valence-electron chi connectivity index (χ2n) is 3.79. The molecule has 1 aromatic carbocycles. The average Bonchev–Trinajstić information content (AvgIpc) is 2.85. The lowest BCUT2D eigenvalue weighted by atomic mass is 10.2. The molecule has 0 unspecified atom stereocenters. The smallest absolute Gasteiger partial charge is 0.273 e. The first-order valence-corrected chi connectivity index (χ1v) is 5.44. The molecule has 8 heteroatoms. The molecule has 1 heterocycles. The van der Waals surface area contributed by atoms with Crippen LogP contribution in [0.1, 0.15) is 11.4 Å². The maximum absolute atomic E-state index is 10.8. The molecule has 0 bridgehead atoms. The van der Waals surface area contributed by atoms with Crippen LogP contribution in [0.4, 0.5) is 5.69 Å². The van der Waals surface area contributed by atoms with Crippen molar-refractivity contribution in [2.75, 3.05) is 7.11 Å². The number of nitro benzene ring substituents is 1. The lowest BCUT2D eigenvalue weighted by Crippen LogP contribution is -2.07. The Kier molecular flexibility index (Phi) is 3.71. The molecule has 2 rings (SSSR count). The maximum atomic E-state index is 10.8. The van der Waals surface area contributed by atoms with Crippen molar-refractivity contribution in [3.05, 3.63) is 46.0 Å². The average molecular weight is 264 g/mol. The molecule has 0 saturated carbocycles. The van der Waals surface area contributed by atoms with Gasteiger partial charge < -0.3 is 9.84 Å². The fourth-order valence-corrected chi connectivity index (χ4v) is 1.67. The summed E-state index contributed by atoms with van der Waals surface area (Å²) in [6.07, 6.45) is 1.32. The van der Waals surface area contributed by atoms with Gasteiger partial charge in [0.15, 0.2) is 5.82 Å². The number of hydrogen-bond acceptors (Lipinski definition) is 6. The van der Waals surface area contributed by atoms with E-state index in [2.05, 4.69) is 10.1 Å². The zero-order valence-corrected chi connectivity index (χ0v) is 10.2. The number of rotatable bonds is 5. The van der Waals surface area contributed by atoms with Crippen LogP contribution in [0.15, 0.2) is 24.5 Å². The Hall–Kier alpha value is -2.48. The standard InChI is InChI=1S/C11H12N4O4/c1-19-10-3-8(2-9(4-10)15(17)18)5-14-11(6-16)12-7-13-14/h2-4,7,16H,5-6H2,1H3. The van der Waals surface area contributed by atoms with E-state index in [1.807, 2.05) is 0 Å². The quantitative estimate of drug-likeness (QED) is 0.631. The van der Waals surface area contributed by atoms with Crippen molar-refractivity contribution in [1.29, 1.82) is 0 Å². The molecule has 19 heavy (non-hydrogen) atoms. The number of benzene rings is 1. The van der Waals surface area contributed by atoms with Crippen LogP contribution < -0.4 is 4.74 Å². The summed E-state index contributed by atoms with van der Waals surface area (Å²) in [6.45, 7) is 0.0278. The molecular formula is C11H12N4O4. The summed E-state index contributed by atoms with van der Waals surface area (Å²) >= 11 is 0. The minimum absolute atomic E-state index is 0.0555. The monoisotopic (exact) mass is 264 g/mol. The topological polar surface area (TPSA) is 103 Å². The predicted octanol–water partition coefficient (Wildman–Crippen LogP) is 0.735. The van der Waals surface area contributed by atoms with Crippen LogP contribution >= 0.6 is 0 Å². The number of ether oxygens (including phenoxy) is 1. The minimum atomic E-state index is -0.486. The third kappa shape index (κ3) is 2.86. The van der Waals surface area contributed by atoms with E-state index in [0.717, 1.165) is 0 Å². The molecule has 0 fully saturated rings. The number of hydrogen-bond donors (Lipinski definition) is 1. The van der Waals surface area contributed by atoms with Gasteiger partial charge in [-0.3, -0.25) is 10.1 Å². The summed E-state index contributed by atoms with van der Waals surface area (Å²) in [4.78, 5) is 14.2. The number of nitrogens with zero attached hydrogens (tertiary/aromatic N) is 4. The maximum Gasteiger partial charge on any atom is 0.273 e. The van der Waals surface area contributed by atoms with Crippen molar-refractivity contribution in [3.63, 3.8) is 0 Å². The van der Waals surface area contributed by atoms with Crippen LogP contribution in [0.25, 0.3) is 0 Å². The van der Waals surface area contributed by atoms with Crippen LogP contribution in [0.5, 0.6) is 5.75 Å². The van der Waals surface area contributed by atoms with Gasteiger partial charge in [0.1, 0.15) is 18.7 Å². The van der Waals surface area contributed by atoms with Gasteiger partial charge in [-0.15, -0.1) is 0 Å². The third-order valence-corrected chi connectivity index (χ3v) is 2.57. The van der Waals surface area contributed by atoms with Crippen LogP contribution in [-0.4, -0.2) is 31.9 Å². The number of nitro groups is 1. The summed E-state index contributed by atoms with van der Waals surface area (Å²) in [5, 5.41) is 23.8. The first-order valence-electron chi connectivity index (χ1n) is 5.44. The molecule has 1 N–H and O–H groups in total. The van der Waals surface area contributed by atoms with Gasteiger partial charge in [-0.1, -0.05) is 0 Å². The molecule has 0 radical (unpaired) electrons. The first-order chi connectivity index (χ1) is 9.13. The minimum Gasteiger partial charge on any atom is -0.496 e. The Labute approximate surface area is 108 Å². The van der Waals surface area contributed by atoms with Gasteiger partial charge in [0, 0.05) is 6.07 Å². The summed E-state index contributed by atoms with van der Waals surface area (Å²) in [5.74, 6) is 0.792. The van der Waals surface area contributed by atoms with Crippen LogP contribution in [0, 0.1) is 10.1 Å². The Morgan fingerprint density at radius 2 is 2.26 bits per heavy atom. The zero-order chi connectivity index (χ0) is 13.8. The lowest BCUT2D eigenvalue weighted by Gasteiger charge is -2.07. The predicted molar refractivity (Wildman–Crippen MR) is 64.7 cm³/mol. The van der Waals surface area contributed by atoms with Crippen molar-refractivity contribution in [1.82, 2.24) is 14.8 Å². The number of aliphatic hydroxyl groups excluding tert-OH is 1. The van der Waals surface area contributed by atoms with Crippen molar-refractivity contribution in [2.45, 2.75) is 13.2 Å². The zero-order valence-electron chi connectivity index (χ0n) is 10.2. The molecule has 0 aliphatic rings. The number of methoxy groups -OCH3 is 1. The summed E-state index contributed by atoms with van der Waals surface area (Å²) in [6, 6.07) is 4.46. The fourth-order valence-electron chi connectivity index (χ4n) is 1.67. The summed E-state index contributed by atoms with van der Waals surface area (Å²) in [7, 11) is 1.44. The van der Waals surface area contributed by atoms with E-state index in [1.165, 1.54) is 30.3 Å². The highest BCUT2D eigenvalue weighted by atomic mass is 16.6. The van der Waals surface area contributed by atoms with E-state index < -0.39 is 4.92 Å². The van der Waals surface area contributed by atoms with Gasteiger partial charge in [0.05, 0.1) is 24.6 Å². The Morgan fingerprint density at radius 3 is 2.89 bits per heavy atom. The first kappa shape index (κ1) is 13.0. The van der Waals surface area contributed by atoms with Gasteiger partial charge in [0.2, 0.25) is 0 Å². The van der Waals surface area contributed by atoms with E-state index >= 15 is 0 Å². The van der Waals surface area contributed by atoms with Crippen LogP contribution in [-0.2, 0) is 13.2 Å². The number of non-ortho nitro benzene ring substituents is 1. The molecule has 0 amide bonds. The molecule has 0 aliphatic carbocycles. The van der Waals surface area contributed by atoms with E-state index in [9.17, 15) is 10.1 Å². The molecule has 100 valence electrons. The largest absolute Gasteiger partial charge is 0.496 e. The van der Waals surface area contributed by atoms with Crippen molar-refractivity contribution in [3.8, 4) is 5.75 Å². The molecule has 8 nitrogen and oxygen atoms in total. The Morgan fingerprint density at radius 1 is 1.47 bits per heavy atom. The molecule has 0 atom stereocenters. The lowest BCUT2D eigenvalue weighted by molar-refractivity contribution is -0.385. The fraction of sp³-hybridized carbons (Fsp3) is 0.273. The normalized spacial score (nSPS) is 10.4. The molecule has 1 aromatic heterocycles. The van der Waals surface area contributed by atoms with E-state index in [-0.39, 0.29) is 18.8 Å². The summed E-state index contributed by atoms with van der Waals surface area (Å²) in [5.41, 5.74) is 0.589. The van der Waals surface area contributed by atoms with Gasteiger partial charge in [0.25, 0.3) is 5.69 Å². The van der Waals surface area contributed by atoms with E-state index in [0.29, 0.717) is 17.1 Å². The Balaban J connectivity index is 2.34. The molecule has 0 saturated heterocycles. The molecule has 2 aromatic rings. The molecular weight excluding hydrogens is 252 g/mol. The summed E-state index contributed by atoms with van der Waals surface area (Å²) < 4.78 is 6.49. The highest BCUT2D eigenvalue weighted by Gasteiger charge is 2.12. The Bertz CT molecular complexity index is 596. The highest BCUT2D eigenvalue weighted by Crippen LogP contribution is 2.23. The van der Waals surface area contributed by atoms with E-state index in [1.54, 1.807) is 6.07 Å². The van der Waals surface area contributed by atoms with Crippen molar-refractivity contribution >= 4 is 5.69 Å². The van der Waals surface area contributed by atoms with Gasteiger partial charge in [-0.05, 0) is 11.6 Å². The highest BCUT2D eigenvalue weighted by molar-refractivity contribution is 5.42. The van der Waals surface area contributed by atoms with Crippen LogP contribution in [0.2, 0.25) is 0 Å². The number of aliphatic hydroxyl groups is 1. The van der Waals surface area contributed by atoms with Crippen molar-refractivity contribution in [2.24, 2.45) is 0 Å². The number of aromatic nitrogens is 3. The van der Waals surface area contributed by atoms with E-state index in [4.69, 9.17) is 9.84 Å². The molecule has 0 aliphatic heterocycles. The van der Waals surface area contributed by atoms with Gasteiger partial charge in [-0.25, -0.2) is 9.67 Å². The van der Waals surface area contributed by atoms with Crippen LogP contribution in [0.3, 0.4) is 0 Å². The third-order valence-electron chi connectivity index (χ3n) is 2.57. The van der Waals surface area contributed by atoms with Gasteiger partial charge in [-0.2, -0.15) is 5.10 Å². The van der Waals surface area contributed by atoms with Gasteiger partial charge >= 0.3 is 0 Å². The second-order valence-corrected chi connectivity index (χ2v) is 3.79.